The van der Waals surface area contributed by atoms with E-state index >= 15 is 4.39 Å². The third-order valence-electron chi connectivity index (χ3n) is 10.7. The van der Waals surface area contributed by atoms with Gasteiger partial charge in [-0.25, -0.2) is 4.39 Å². The average molecular weight is 777 g/mol. The zero-order chi connectivity index (χ0) is 39.3. The van der Waals surface area contributed by atoms with Gasteiger partial charge >= 0.3 is 6.01 Å². The number of carbonyl (C=O) groups is 1. The number of ether oxygens (including phenoxy) is 2. The highest BCUT2D eigenvalue weighted by molar-refractivity contribution is 6.32. The Labute approximate surface area is 331 Å². The molecule has 0 spiro atoms. The molecule has 2 unspecified atom stereocenters. The number of rotatable bonds is 7. The maximum absolute atomic E-state index is 16.1. The number of carbonyl (C=O) groups excluding carboxylic acids is 1. The lowest BCUT2D eigenvalue weighted by Gasteiger charge is -2.35. The first-order chi connectivity index (χ1) is 26.8. The van der Waals surface area contributed by atoms with Crippen LogP contribution >= 0.6 is 11.6 Å². The number of piperazine rings is 1. The topological polar surface area (TPSA) is 111 Å². The first-order valence-electron chi connectivity index (χ1n) is 20.1. The molecular formula is C42H58ClFN8O3. The van der Waals surface area contributed by atoms with Gasteiger partial charge in [-0.2, -0.15) is 15.2 Å². The molecule has 0 bridgehead atoms. The van der Waals surface area contributed by atoms with Gasteiger partial charge in [0.05, 0.1) is 25.2 Å². The molecule has 0 N–H and O–H groups in total. The molecule has 13 heteroatoms. The Bertz CT molecular complexity index is 1770. The van der Waals surface area contributed by atoms with Crippen molar-refractivity contribution in [3.05, 3.63) is 53.0 Å². The van der Waals surface area contributed by atoms with E-state index in [1.54, 1.807) is 18.3 Å². The number of nitrogens with zero attached hydrogens (tertiary/aromatic N) is 8. The second-order valence-electron chi connectivity index (χ2n) is 14.5. The lowest BCUT2D eigenvalue weighted by atomic mass is 9.99. The van der Waals surface area contributed by atoms with Gasteiger partial charge in [0.25, 0.3) is 0 Å². The van der Waals surface area contributed by atoms with Gasteiger partial charge in [0, 0.05) is 94.8 Å². The van der Waals surface area contributed by atoms with Crippen LogP contribution in [0.2, 0.25) is 5.02 Å². The van der Waals surface area contributed by atoms with Crippen LogP contribution in [0.4, 0.5) is 10.2 Å². The van der Waals surface area contributed by atoms with E-state index in [0.29, 0.717) is 53.9 Å². The van der Waals surface area contributed by atoms with Gasteiger partial charge in [-0.15, -0.1) is 0 Å². The summed E-state index contributed by atoms with van der Waals surface area (Å²) in [5.41, 5.74) is 2.02. The monoisotopic (exact) mass is 776 g/mol. The van der Waals surface area contributed by atoms with Gasteiger partial charge in [0.2, 0.25) is 5.91 Å². The Morgan fingerprint density at radius 2 is 1.84 bits per heavy atom. The third kappa shape index (κ3) is 10.9. The van der Waals surface area contributed by atoms with Crippen molar-refractivity contribution in [2.45, 2.75) is 78.2 Å². The maximum atomic E-state index is 16.1. The molecule has 1 aliphatic carbocycles. The molecule has 5 fully saturated rings. The Balaban J connectivity index is 0.000000350. The summed E-state index contributed by atoms with van der Waals surface area (Å²) >= 11 is 6.52. The Morgan fingerprint density at radius 3 is 2.55 bits per heavy atom. The lowest BCUT2D eigenvalue weighted by Crippen LogP contribution is -2.48. The van der Waals surface area contributed by atoms with Crippen LogP contribution in [-0.2, 0) is 9.53 Å². The second-order valence-corrected chi connectivity index (χ2v) is 14.9. The molecule has 8 rings (SSSR count). The van der Waals surface area contributed by atoms with Gasteiger partial charge in [0.1, 0.15) is 17.0 Å². The molecule has 55 heavy (non-hydrogen) atoms. The van der Waals surface area contributed by atoms with Crippen LogP contribution in [0.1, 0.15) is 77.7 Å². The molecule has 4 saturated heterocycles. The lowest BCUT2D eigenvalue weighted by molar-refractivity contribution is -0.126. The first-order valence-corrected chi connectivity index (χ1v) is 20.4. The number of benzene rings is 1. The predicted molar refractivity (Wildman–Crippen MR) is 217 cm³/mol. The third-order valence-corrected chi connectivity index (χ3v) is 11.0. The van der Waals surface area contributed by atoms with Gasteiger partial charge in [0.15, 0.2) is 5.82 Å². The highest BCUT2D eigenvalue weighted by atomic mass is 35.5. The number of hydrogen-bond donors (Lipinski definition) is 0. The van der Waals surface area contributed by atoms with E-state index in [1.165, 1.54) is 46.4 Å². The minimum atomic E-state index is -0.525. The van der Waals surface area contributed by atoms with Crippen LogP contribution in [0, 0.1) is 23.1 Å². The highest BCUT2D eigenvalue weighted by Gasteiger charge is 2.33. The van der Waals surface area contributed by atoms with Crippen molar-refractivity contribution >= 4 is 34.2 Å². The fourth-order valence-corrected chi connectivity index (χ4v) is 8.27. The van der Waals surface area contributed by atoms with E-state index in [2.05, 4.69) is 31.7 Å². The van der Waals surface area contributed by atoms with Crippen LogP contribution in [0.25, 0.3) is 22.2 Å². The summed E-state index contributed by atoms with van der Waals surface area (Å²) in [6, 6.07) is 8.34. The van der Waals surface area contributed by atoms with E-state index in [1.807, 2.05) is 47.9 Å². The molecule has 3 aromatic rings. The fraction of sp³-hybridized carbons (Fsp3) is 0.595. The summed E-state index contributed by atoms with van der Waals surface area (Å²) in [5.74, 6) is 1.32. The van der Waals surface area contributed by atoms with Gasteiger partial charge < -0.3 is 24.2 Å². The molecule has 2 atom stereocenters. The Kier molecular flexibility index (Phi) is 16.0. The standard InChI is InChI=1S/C30H34ClFN6O3.C8H15N.C2H3N.C2H6/c1-40-30-34-28-22(19-33-27(26(28)32)21-5-2-6-23(31)25(21)20-8-9-20)29(35-30)38-14-12-37(13-15-38)24(39)7-3-10-36-11-4-17-41-18-16-36;1-7-5-8-3-2-4-9(8)6-7;1-2-3;1-2/h2-3,5-7,19-20H,4,8-18H2,1H3;7-8H,2-6H2,1H3;1H3;1-2H3/b7-3+;;;. The predicted octanol–water partition coefficient (Wildman–Crippen LogP) is 7.34. The summed E-state index contributed by atoms with van der Waals surface area (Å²) in [7, 11) is 1.47. The normalized spacial score (nSPS) is 21.3. The van der Waals surface area contributed by atoms with Crippen molar-refractivity contribution in [2.75, 3.05) is 84.1 Å². The molecule has 1 amide bonds. The van der Waals surface area contributed by atoms with E-state index < -0.39 is 5.82 Å². The van der Waals surface area contributed by atoms with Gasteiger partial charge in [-0.3, -0.25) is 14.7 Å². The number of methoxy groups -OCH3 is 1. The molecule has 5 aliphatic rings. The van der Waals surface area contributed by atoms with Crippen LogP contribution in [-0.4, -0.2) is 121 Å². The van der Waals surface area contributed by atoms with Crippen LogP contribution < -0.4 is 9.64 Å². The van der Waals surface area contributed by atoms with Crippen molar-refractivity contribution < 1.29 is 18.7 Å². The van der Waals surface area contributed by atoms with Gasteiger partial charge in [-0.05, 0) is 68.5 Å². The zero-order valence-electron chi connectivity index (χ0n) is 33.3. The average Bonchev–Trinajstić information content (AvgIpc) is 3.92. The molecule has 11 nitrogen and oxygen atoms in total. The quantitative estimate of drug-likeness (QED) is 0.226. The summed E-state index contributed by atoms with van der Waals surface area (Å²) in [4.78, 5) is 35.2. The molecule has 1 saturated carbocycles. The Hall–Kier alpha value is -3.89. The molecular weight excluding hydrogens is 719 g/mol. The number of fused-ring (bicyclic) bond motifs is 2. The molecule has 0 radical (unpaired) electrons. The highest BCUT2D eigenvalue weighted by Crippen LogP contribution is 2.48. The van der Waals surface area contributed by atoms with Crippen molar-refractivity contribution in [3.63, 3.8) is 0 Å². The number of halogens is 2. The molecule has 2 aromatic heterocycles. The van der Waals surface area contributed by atoms with Crippen molar-refractivity contribution in [1.82, 2.24) is 29.7 Å². The molecule has 6 heterocycles. The second kappa shape index (κ2) is 20.9. The van der Waals surface area contributed by atoms with Crippen LogP contribution in [0.15, 0.2) is 36.5 Å². The largest absolute Gasteiger partial charge is 0.467 e. The number of hydrogen-bond acceptors (Lipinski definition) is 10. The summed E-state index contributed by atoms with van der Waals surface area (Å²) in [5, 5.41) is 8.45. The molecule has 298 valence electrons. The van der Waals surface area contributed by atoms with E-state index in [0.717, 1.165) is 69.6 Å². The number of amides is 1. The SMILES string of the molecule is CC.CC#N.CC1CC2CCCN2C1.COc1nc(N2CCN(C(=O)/C=C/CN3CCCOCC3)CC2)c2cnc(-c3cccc(Cl)c3C3CC3)c(F)c2n1. The van der Waals surface area contributed by atoms with Crippen molar-refractivity contribution in [3.8, 4) is 23.3 Å². The van der Waals surface area contributed by atoms with Crippen LogP contribution in [0.3, 0.4) is 0 Å². The molecule has 1 aromatic carbocycles. The smallest absolute Gasteiger partial charge is 0.318 e. The van der Waals surface area contributed by atoms with Crippen molar-refractivity contribution in [1.29, 1.82) is 5.26 Å². The van der Waals surface area contributed by atoms with Gasteiger partial charge in [-0.1, -0.05) is 50.6 Å². The number of anilines is 1. The summed E-state index contributed by atoms with van der Waals surface area (Å²) in [6.07, 6.45) is 12.7. The number of aromatic nitrogens is 3. The van der Waals surface area contributed by atoms with Crippen molar-refractivity contribution in [2.24, 2.45) is 5.92 Å². The van der Waals surface area contributed by atoms with E-state index in [4.69, 9.17) is 26.3 Å². The summed E-state index contributed by atoms with van der Waals surface area (Å²) in [6.45, 7) is 16.8. The minimum Gasteiger partial charge on any atom is -0.467 e. The fourth-order valence-electron chi connectivity index (χ4n) is 7.94. The zero-order valence-corrected chi connectivity index (χ0v) is 34.0. The number of pyridine rings is 1. The van der Waals surface area contributed by atoms with Crippen LogP contribution in [0.5, 0.6) is 6.01 Å². The Morgan fingerprint density at radius 1 is 1.07 bits per heavy atom. The number of nitriles is 1. The minimum absolute atomic E-state index is 0.00816. The van der Waals surface area contributed by atoms with E-state index in [9.17, 15) is 4.79 Å². The molecule has 4 aliphatic heterocycles. The maximum Gasteiger partial charge on any atom is 0.318 e. The van der Waals surface area contributed by atoms with E-state index in [-0.39, 0.29) is 23.1 Å². The summed E-state index contributed by atoms with van der Waals surface area (Å²) < 4.78 is 27.0. The first kappa shape index (κ1) is 42.3.